The summed E-state index contributed by atoms with van der Waals surface area (Å²) in [5, 5.41) is 4.81. The molecule has 1 aliphatic rings. The predicted octanol–water partition coefficient (Wildman–Crippen LogP) is 3.76. The van der Waals surface area contributed by atoms with Crippen LogP contribution >= 0.6 is 11.3 Å². The fourth-order valence-electron chi connectivity index (χ4n) is 3.19. The van der Waals surface area contributed by atoms with Crippen molar-refractivity contribution >= 4 is 23.3 Å². The molecule has 3 heterocycles. The van der Waals surface area contributed by atoms with Gasteiger partial charge in [-0.1, -0.05) is 43.3 Å². The number of nitrogens with zero attached hydrogens (tertiary/aromatic N) is 2. The van der Waals surface area contributed by atoms with Crippen LogP contribution in [0.2, 0.25) is 0 Å². The summed E-state index contributed by atoms with van der Waals surface area (Å²) in [5.41, 5.74) is 0.290. The van der Waals surface area contributed by atoms with E-state index in [2.05, 4.69) is 10.3 Å². The maximum Gasteiger partial charge on any atom is 0.325 e. The van der Waals surface area contributed by atoms with Gasteiger partial charge in [-0.05, 0) is 23.4 Å². The Bertz CT molecular complexity index is 936. The summed E-state index contributed by atoms with van der Waals surface area (Å²) in [6.07, 6.45) is 1.96. The smallest absolute Gasteiger partial charge is 0.325 e. The van der Waals surface area contributed by atoms with Gasteiger partial charge in [0.1, 0.15) is 11.8 Å². The molecule has 0 radical (unpaired) electrons. The third-order valence-electron chi connectivity index (χ3n) is 4.58. The zero-order valence-corrected chi connectivity index (χ0v) is 15.0. The number of oxazole rings is 1. The number of hydrogen-bond acceptors (Lipinski definition) is 5. The van der Waals surface area contributed by atoms with E-state index in [1.54, 1.807) is 0 Å². The van der Waals surface area contributed by atoms with Gasteiger partial charge in [0.25, 0.3) is 5.91 Å². The first-order valence-corrected chi connectivity index (χ1v) is 9.20. The summed E-state index contributed by atoms with van der Waals surface area (Å²) < 4.78 is 5.48. The second-order valence-corrected chi connectivity index (χ2v) is 7.02. The molecule has 4 rings (SSSR count). The number of amides is 3. The normalized spacial score (nSPS) is 19.8. The van der Waals surface area contributed by atoms with E-state index >= 15 is 0 Å². The van der Waals surface area contributed by atoms with E-state index in [-0.39, 0.29) is 12.5 Å². The maximum absolute atomic E-state index is 13.1. The summed E-state index contributed by atoms with van der Waals surface area (Å²) in [7, 11) is 0. The zero-order valence-electron chi connectivity index (χ0n) is 14.1. The van der Waals surface area contributed by atoms with E-state index in [4.69, 9.17) is 4.42 Å². The van der Waals surface area contributed by atoms with Crippen LogP contribution in [0.4, 0.5) is 4.79 Å². The Hall–Kier alpha value is -2.93. The summed E-state index contributed by atoms with van der Waals surface area (Å²) >= 11 is 1.52. The molecule has 2 aromatic heterocycles. The van der Waals surface area contributed by atoms with Crippen LogP contribution in [0.15, 0.2) is 58.5 Å². The lowest BCUT2D eigenvalue weighted by atomic mass is 9.87. The van der Waals surface area contributed by atoms with E-state index in [0.717, 1.165) is 10.4 Å². The van der Waals surface area contributed by atoms with E-state index in [1.165, 1.54) is 22.5 Å². The molecule has 1 aliphatic heterocycles. The molecular formula is C19H17N3O3S. The molecular weight excluding hydrogens is 350 g/mol. The van der Waals surface area contributed by atoms with E-state index in [1.807, 2.05) is 54.8 Å². The summed E-state index contributed by atoms with van der Waals surface area (Å²) in [6.45, 7) is 1.97. The topological polar surface area (TPSA) is 75.4 Å². The van der Waals surface area contributed by atoms with Crippen LogP contribution in [0.3, 0.4) is 0 Å². The van der Waals surface area contributed by atoms with Gasteiger partial charge < -0.3 is 9.73 Å². The Morgan fingerprint density at radius 2 is 2.00 bits per heavy atom. The first kappa shape index (κ1) is 16.5. The average molecular weight is 367 g/mol. The standard InChI is InChI=1S/C19H17N3O3S/c1-2-19(13-7-4-3-5-8-13)17(23)22(18(24)21-19)11-14-12-25-16(20-14)15-9-6-10-26-15/h3-10,12H,2,11H2,1H3,(H,21,24)/t19-/m0/s1. The van der Waals surface area contributed by atoms with E-state index < -0.39 is 11.6 Å². The lowest BCUT2D eigenvalue weighted by Gasteiger charge is -2.25. The molecule has 3 aromatic rings. The summed E-state index contributed by atoms with van der Waals surface area (Å²) in [6, 6.07) is 12.7. The van der Waals surface area contributed by atoms with Crippen LogP contribution in [-0.2, 0) is 16.9 Å². The average Bonchev–Trinajstić information content (AvgIpc) is 3.39. The molecule has 0 saturated carbocycles. The van der Waals surface area contributed by atoms with Crippen molar-refractivity contribution in [3.63, 3.8) is 0 Å². The molecule has 6 nitrogen and oxygen atoms in total. The quantitative estimate of drug-likeness (QED) is 0.697. The Morgan fingerprint density at radius 3 is 2.69 bits per heavy atom. The number of imide groups is 1. The second-order valence-electron chi connectivity index (χ2n) is 6.07. The first-order valence-electron chi connectivity index (χ1n) is 8.32. The molecule has 1 aromatic carbocycles. The number of urea groups is 1. The molecule has 1 saturated heterocycles. The molecule has 1 fully saturated rings. The highest BCUT2D eigenvalue weighted by Gasteiger charge is 2.51. The van der Waals surface area contributed by atoms with Crippen LogP contribution in [0.5, 0.6) is 0 Å². The lowest BCUT2D eigenvalue weighted by Crippen LogP contribution is -2.43. The van der Waals surface area contributed by atoms with E-state index in [0.29, 0.717) is 18.0 Å². The fourth-order valence-corrected chi connectivity index (χ4v) is 3.84. The number of carbonyl (C=O) groups is 2. The lowest BCUT2D eigenvalue weighted by molar-refractivity contribution is -0.132. The Labute approximate surface area is 154 Å². The minimum absolute atomic E-state index is 0.0775. The first-order chi connectivity index (χ1) is 12.6. The van der Waals surface area contributed by atoms with Gasteiger partial charge in [0.15, 0.2) is 0 Å². The van der Waals surface area contributed by atoms with Gasteiger partial charge in [-0.25, -0.2) is 9.78 Å². The molecule has 1 atom stereocenters. The maximum atomic E-state index is 13.1. The van der Waals surface area contributed by atoms with Crippen LogP contribution in [0, 0.1) is 0 Å². The fraction of sp³-hybridized carbons (Fsp3) is 0.211. The highest BCUT2D eigenvalue weighted by molar-refractivity contribution is 7.13. The van der Waals surface area contributed by atoms with Gasteiger partial charge in [-0.15, -0.1) is 11.3 Å². The Balaban J connectivity index is 1.60. The monoisotopic (exact) mass is 367 g/mol. The number of benzene rings is 1. The van der Waals surface area contributed by atoms with Gasteiger partial charge >= 0.3 is 6.03 Å². The number of carbonyl (C=O) groups excluding carboxylic acids is 2. The molecule has 132 valence electrons. The SMILES string of the molecule is CC[C@@]1(c2ccccc2)NC(=O)N(Cc2coc(-c3cccs3)n2)C1=O. The van der Waals surface area contributed by atoms with Crippen molar-refractivity contribution in [3.8, 4) is 10.8 Å². The Kier molecular flexibility index (Phi) is 4.08. The third kappa shape index (κ3) is 2.61. The number of rotatable bonds is 5. The molecule has 0 bridgehead atoms. The van der Waals surface area contributed by atoms with Crippen molar-refractivity contribution in [3.05, 3.63) is 65.4 Å². The summed E-state index contributed by atoms with van der Waals surface area (Å²) in [4.78, 5) is 32.1. The van der Waals surface area contributed by atoms with Crippen molar-refractivity contribution in [2.45, 2.75) is 25.4 Å². The second kappa shape index (κ2) is 6.42. The molecule has 0 spiro atoms. The van der Waals surface area contributed by atoms with Crippen molar-refractivity contribution in [1.29, 1.82) is 0 Å². The van der Waals surface area contributed by atoms with E-state index in [9.17, 15) is 9.59 Å². The van der Waals surface area contributed by atoms with Crippen LogP contribution in [0.25, 0.3) is 10.8 Å². The molecule has 0 unspecified atom stereocenters. The predicted molar refractivity (Wildman–Crippen MR) is 97.3 cm³/mol. The van der Waals surface area contributed by atoms with Gasteiger partial charge in [0.2, 0.25) is 5.89 Å². The highest BCUT2D eigenvalue weighted by Crippen LogP contribution is 2.33. The third-order valence-corrected chi connectivity index (χ3v) is 5.43. The van der Waals surface area contributed by atoms with Gasteiger partial charge in [-0.2, -0.15) is 0 Å². The zero-order chi connectivity index (χ0) is 18.1. The van der Waals surface area contributed by atoms with Crippen LogP contribution in [0.1, 0.15) is 24.6 Å². The molecule has 3 amide bonds. The minimum Gasteiger partial charge on any atom is -0.443 e. The van der Waals surface area contributed by atoms with Crippen molar-refractivity contribution in [2.75, 3.05) is 0 Å². The highest BCUT2D eigenvalue weighted by atomic mass is 32.1. The summed E-state index contributed by atoms with van der Waals surface area (Å²) in [5.74, 6) is 0.226. The van der Waals surface area contributed by atoms with Crippen molar-refractivity contribution < 1.29 is 14.0 Å². The molecule has 0 aliphatic carbocycles. The number of hydrogen-bond donors (Lipinski definition) is 1. The van der Waals surface area contributed by atoms with Crippen LogP contribution < -0.4 is 5.32 Å². The molecule has 26 heavy (non-hydrogen) atoms. The van der Waals surface area contributed by atoms with Crippen molar-refractivity contribution in [1.82, 2.24) is 15.2 Å². The van der Waals surface area contributed by atoms with Gasteiger partial charge in [-0.3, -0.25) is 9.69 Å². The molecule has 7 heteroatoms. The minimum atomic E-state index is -1.03. The molecule has 1 N–H and O–H groups in total. The number of nitrogens with one attached hydrogen (secondary N) is 1. The van der Waals surface area contributed by atoms with Gasteiger partial charge in [0.05, 0.1) is 17.1 Å². The van der Waals surface area contributed by atoms with Gasteiger partial charge in [0, 0.05) is 0 Å². The Morgan fingerprint density at radius 1 is 1.19 bits per heavy atom. The van der Waals surface area contributed by atoms with Crippen LogP contribution in [-0.4, -0.2) is 21.8 Å². The van der Waals surface area contributed by atoms with Crippen molar-refractivity contribution in [2.24, 2.45) is 0 Å². The number of thiophene rings is 1. The number of aromatic nitrogens is 1. The largest absolute Gasteiger partial charge is 0.443 e.